The molecule has 2 rings (SSSR count). The number of piperidine rings is 1. The molecule has 0 bridgehead atoms. The van der Waals surface area contributed by atoms with Crippen LogP contribution in [-0.4, -0.2) is 36.0 Å². The molecule has 1 saturated heterocycles. The molecule has 4 nitrogen and oxygen atoms in total. The number of carbonyl (C=O) groups is 1. The van der Waals surface area contributed by atoms with E-state index in [1.165, 1.54) is 0 Å². The molecule has 2 N–H and O–H groups in total. The molecule has 0 aromatic heterocycles. The molecule has 1 aliphatic heterocycles. The molecule has 0 radical (unpaired) electrons. The Balaban J connectivity index is 1.81. The van der Waals surface area contributed by atoms with Gasteiger partial charge in [-0.2, -0.15) is 0 Å². The first-order chi connectivity index (χ1) is 9.20. The SMILES string of the molecule is CCC(N)C(=O)N1CCC(Oc2ccccc2)CC1. The fourth-order valence-electron chi connectivity index (χ4n) is 2.29. The van der Waals surface area contributed by atoms with Crippen LogP contribution in [0.2, 0.25) is 0 Å². The molecule has 1 aliphatic rings. The summed E-state index contributed by atoms with van der Waals surface area (Å²) in [6.45, 7) is 3.42. The summed E-state index contributed by atoms with van der Waals surface area (Å²) in [5.41, 5.74) is 5.78. The molecule has 1 aromatic rings. The minimum absolute atomic E-state index is 0.0701. The monoisotopic (exact) mass is 262 g/mol. The summed E-state index contributed by atoms with van der Waals surface area (Å²) in [6, 6.07) is 9.48. The van der Waals surface area contributed by atoms with Crippen LogP contribution in [0.25, 0.3) is 0 Å². The Morgan fingerprint density at radius 3 is 2.58 bits per heavy atom. The number of likely N-dealkylation sites (tertiary alicyclic amines) is 1. The molecule has 0 saturated carbocycles. The normalized spacial score (nSPS) is 18.1. The molecule has 1 unspecified atom stereocenters. The van der Waals surface area contributed by atoms with Crippen LogP contribution in [0.1, 0.15) is 26.2 Å². The molecule has 19 heavy (non-hydrogen) atoms. The molecule has 1 atom stereocenters. The number of rotatable bonds is 4. The predicted octanol–water partition coefficient (Wildman–Crippen LogP) is 1.79. The van der Waals surface area contributed by atoms with Gasteiger partial charge in [0.05, 0.1) is 6.04 Å². The molecule has 1 aromatic carbocycles. The maximum Gasteiger partial charge on any atom is 0.239 e. The van der Waals surface area contributed by atoms with Crippen molar-refractivity contribution in [1.82, 2.24) is 4.90 Å². The number of carbonyl (C=O) groups excluding carboxylic acids is 1. The number of amides is 1. The van der Waals surface area contributed by atoms with Gasteiger partial charge >= 0.3 is 0 Å². The van der Waals surface area contributed by atoms with E-state index in [1.807, 2.05) is 42.2 Å². The summed E-state index contributed by atoms with van der Waals surface area (Å²) in [4.78, 5) is 13.8. The second-order valence-electron chi connectivity index (χ2n) is 4.97. The van der Waals surface area contributed by atoms with Gasteiger partial charge in [-0.15, -0.1) is 0 Å². The standard InChI is InChI=1S/C15H22N2O2/c1-2-14(16)15(18)17-10-8-13(9-11-17)19-12-6-4-3-5-7-12/h3-7,13-14H,2,8-11,16H2,1H3. The maximum absolute atomic E-state index is 12.0. The van der Waals surface area contributed by atoms with Crippen molar-refractivity contribution in [1.29, 1.82) is 0 Å². The van der Waals surface area contributed by atoms with E-state index in [0.29, 0.717) is 6.42 Å². The van der Waals surface area contributed by atoms with Crippen molar-refractivity contribution in [2.45, 2.75) is 38.3 Å². The molecular weight excluding hydrogens is 240 g/mol. The Hall–Kier alpha value is -1.55. The van der Waals surface area contributed by atoms with Crippen molar-refractivity contribution in [3.63, 3.8) is 0 Å². The van der Waals surface area contributed by atoms with Crippen LogP contribution in [0.15, 0.2) is 30.3 Å². The summed E-state index contributed by atoms with van der Waals surface area (Å²) in [7, 11) is 0. The Bertz CT molecular complexity index is 400. The van der Waals surface area contributed by atoms with Crippen LogP contribution in [0.5, 0.6) is 5.75 Å². The highest BCUT2D eigenvalue weighted by atomic mass is 16.5. The van der Waals surface area contributed by atoms with E-state index < -0.39 is 0 Å². The number of ether oxygens (including phenoxy) is 1. The zero-order chi connectivity index (χ0) is 13.7. The third-order valence-corrected chi connectivity index (χ3v) is 3.56. The van der Waals surface area contributed by atoms with Crippen LogP contribution in [-0.2, 0) is 4.79 Å². The summed E-state index contributed by atoms with van der Waals surface area (Å²) in [5, 5.41) is 0. The van der Waals surface area contributed by atoms with Gasteiger partial charge in [-0.3, -0.25) is 4.79 Å². The van der Waals surface area contributed by atoms with Crippen molar-refractivity contribution in [2.75, 3.05) is 13.1 Å². The van der Waals surface area contributed by atoms with Gasteiger partial charge in [-0.25, -0.2) is 0 Å². The van der Waals surface area contributed by atoms with Crippen LogP contribution in [0.4, 0.5) is 0 Å². The minimum Gasteiger partial charge on any atom is -0.490 e. The number of benzene rings is 1. The van der Waals surface area contributed by atoms with Crippen molar-refractivity contribution >= 4 is 5.91 Å². The molecule has 104 valence electrons. The Morgan fingerprint density at radius 2 is 2.00 bits per heavy atom. The third kappa shape index (κ3) is 3.70. The van der Waals surface area contributed by atoms with Gasteiger partial charge in [-0.05, 0) is 18.6 Å². The average Bonchev–Trinajstić information content (AvgIpc) is 2.47. The van der Waals surface area contributed by atoms with Gasteiger partial charge in [0.2, 0.25) is 5.91 Å². The van der Waals surface area contributed by atoms with E-state index in [-0.39, 0.29) is 18.1 Å². The minimum atomic E-state index is -0.355. The van der Waals surface area contributed by atoms with Crippen molar-refractivity contribution < 1.29 is 9.53 Å². The lowest BCUT2D eigenvalue weighted by Crippen LogP contribution is -2.48. The van der Waals surface area contributed by atoms with Crippen molar-refractivity contribution in [2.24, 2.45) is 5.73 Å². The Kier molecular flexibility index (Phi) is 4.80. The zero-order valence-electron chi connectivity index (χ0n) is 11.4. The second-order valence-corrected chi connectivity index (χ2v) is 4.97. The molecule has 1 amide bonds. The van der Waals surface area contributed by atoms with E-state index in [0.717, 1.165) is 31.7 Å². The first-order valence-corrected chi connectivity index (χ1v) is 6.96. The van der Waals surface area contributed by atoms with Crippen LogP contribution >= 0.6 is 0 Å². The lowest BCUT2D eigenvalue weighted by molar-refractivity contribution is -0.134. The maximum atomic E-state index is 12.0. The van der Waals surface area contributed by atoms with Gasteiger partial charge in [0, 0.05) is 25.9 Å². The Morgan fingerprint density at radius 1 is 1.37 bits per heavy atom. The van der Waals surface area contributed by atoms with E-state index in [2.05, 4.69) is 0 Å². The van der Waals surface area contributed by atoms with E-state index in [1.54, 1.807) is 0 Å². The number of hydrogen-bond donors (Lipinski definition) is 1. The van der Waals surface area contributed by atoms with E-state index >= 15 is 0 Å². The van der Waals surface area contributed by atoms with Crippen LogP contribution < -0.4 is 10.5 Å². The molecular formula is C15H22N2O2. The number of nitrogens with zero attached hydrogens (tertiary/aromatic N) is 1. The third-order valence-electron chi connectivity index (χ3n) is 3.56. The molecule has 0 aliphatic carbocycles. The van der Waals surface area contributed by atoms with Crippen LogP contribution in [0.3, 0.4) is 0 Å². The first-order valence-electron chi connectivity index (χ1n) is 6.96. The summed E-state index contributed by atoms with van der Waals surface area (Å²) >= 11 is 0. The average molecular weight is 262 g/mol. The van der Waals surface area contributed by atoms with Gasteiger partial charge in [0.15, 0.2) is 0 Å². The van der Waals surface area contributed by atoms with Gasteiger partial charge < -0.3 is 15.4 Å². The lowest BCUT2D eigenvalue weighted by atomic mass is 10.1. The predicted molar refractivity (Wildman–Crippen MR) is 74.9 cm³/mol. The molecule has 1 heterocycles. The van der Waals surface area contributed by atoms with Gasteiger partial charge in [0.1, 0.15) is 11.9 Å². The fraction of sp³-hybridized carbons (Fsp3) is 0.533. The quantitative estimate of drug-likeness (QED) is 0.900. The number of para-hydroxylation sites is 1. The van der Waals surface area contributed by atoms with Crippen molar-refractivity contribution in [3.8, 4) is 5.75 Å². The van der Waals surface area contributed by atoms with Gasteiger partial charge in [0.25, 0.3) is 0 Å². The van der Waals surface area contributed by atoms with E-state index in [9.17, 15) is 4.79 Å². The topological polar surface area (TPSA) is 55.6 Å². The summed E-state index contributed by atoms with van der Waals surface area (Å²) < 4.78 is 5.90. The number of nitrogens with two attached hydrogens (primary N) is 1. The smallest absolute Gasteiger partial charge is 0.239 e. The van der Waals surface area contributed by atoms with E-state index in [4.69, 9.17) is 10.5 Å². The molecule has 1 fully saturated rings. The highest BCUT2D eigenvalue weighted by molar-refractivity contribution is 5.81. The number of hydrogen-bond acceptors (Lipinski definition) is 3. The fourth-order valence-corrected chi connectivity index (χ4v) is 2.29. The lowest BCUT2D eigenvalue weighted by Gasteiger charge is -2.33. The largest absolute Gasteiger partial charge is 0.490 e. The van der Waals surface area contributed by atoms with Crippen molar-refractivity contribution in [3.05, 3.63) is 30.3 Å². The highest BCUT2D eigenvalue weighted by Crippen LogP contribution is 2.19. The molecule has 0 spiro atoms. The Labute approximate surface area is 114 Å². The van der Waals surface area contributed by atoms with Gasteiger partial charge in [-0.1, -0.05) is 25.1 Å². The highest BCUT2D eigenvalue weighted by Gasteiger charge is 2.26. The second kappa shape index (κ2) is 6.57. The zero-order valence-corrected chi connectivity index (χ0v) is 11.4. The molecule has 4 heteroatoms. The summed E-state index contributed by atoms with van der Waals surface area (Å²) in [5.74, 6) is 0.971. The summed E-state index contributed by atoms with van der Waals surface area (Å²) in [6.07, 6.45) is 2.64. The first kappa shape index (κ1) is 13.9. The van der Waals surface area contributed by atoms with Crippen LogP contribution in [0, 0.1) is 0 Å².